The van der Waals surface area contributed by atoms with Crippen LogP contribution in [-0.4, -0.2) is 26.6 Å². The molecule has 1 aliphatic rings. The van der Waals surface area contributed by atoms with Gasteiger partial charge in [-0.1, -0.05) is 12.1 Å². The summed E-state index contributed by atoms with van der Waals surface area (Å²) < 4.78 is 3.26. The molecule has 2 aromatic heterocycles. The molecular formula is C17H16N4O2. The van der Waals surface area contributed by atoms with Crippen molar-refractivity contribution in [3.8, 4) is 5.69 Å². The van der Waals surface area contributed by atoms with Gasteiger partial charge in [0.05, 0.1) is 22.9 Å². The Hall–Kier alpha value is -2.89. The number of aryl methyl sites for hydroxylation is 1. The molecule has 6 heteroatoms. The lowest BCUT2D eigenvalue weighted by Gasteiger charge is -2.14. The third-order valence-corrected chi connectivity index (χ3v) is 4.30. The first-order valence-electron chi connectivity index (χ1n) is 7.60. The average molecular weight is 308 g/mol. The van der Waals surface area contributed by atoms with Crippen LogP contribution in [0.4, 0.5) is 5.82 Å². The van der Waals surface area contributed by atoms with Gasteiger partial charge in [0.1, 0.15) is 5.82 Å². The Balaban J connectivity index is 1.81. The van der Waals surface area contributed by atoms with Crippen LogP contribution in [-0.2, 0) is 11.8 Å². The molecule has 116 valence electrons. The van der Waals surface area contributed by atoms with Crippen molar-refractivity contribution in [1.82, 2.24) is 14.1 Å². The van der Waals surface area contributed by atoms with E-state index in [4.69, 9.17) is 0 Å². The maximum absolute atomic E-state index is 12.5. The fraction of sp³-hybridized carbons (Fsp3) is 0.235. The molecule has 1 aromatic carbocycles. The molecular weight excluding hydrogens is 292 g/mol. The zero-order valence-electron chi connectivity index (χ0n) is 12.8. The summed E-state index contributed by atoms with van der Waals surface area (Å²) in [6.45, 7) is 0.708. The summed E-state index contributed by atoms with van der Waals surface area (Å²) in [4.78, 5) is 30.4. The molecule has 0 N–H and O–H groups in total. The summed E-state index contributed by atoms with van der Waals surface area (Å²) in [5.74, 6) is 0.747. The molecule has 0 spiro atoms. The van der Waals surface area contributed by atoms with Crippen molar-refractivity contribution < 1.29 is 4.79 Å². The Labute approximate surface area is 132 Å². The third-order valence-electron chi connectivity index (χ3n) is 4.30. The number of fused-ring (bicyclic) bond motifs is 1. The summed E-state index contributed by atoms with van der Waals surface area (Å²) in [5, 5.41) is 0. The maximum atomic E-state index is 12.5. The van der Waals surface area contributed by atoms with Crippen molar-refractivity contribution in [3.63, 3.8) is 0 Å². The van der Waals surface area contributed by atoms with Crippen LogP contribution in [0.5, 0.6) is 0 Å². The van der Waals surface area contributed by atoms with Gasteiger partial charge in [-0.25, -0.2) is 9.78 Å². The topological polar surface area (TPSA) is 60.1 Å². The van der Waals surface area contributed by atoms with Gasteiger partial charge in [-0.05, 0) is 30.7 Å². The van der Waals surface area contributed by atoms with Crippen molar-refractivity contribution in [3.05, 3.63) is 53.1 Å². The molecule has 3 aromatic rings. The van der Waals surface area contributed by atoms with E-state index in [1.54, 1.807) is 33.3 Å². The Morgan fingerprint density at radius 2 is 1.83 bits per heavy atom. The Morgan fingerprint density at radius 1 is 1.04 bits per heavy atom. The average Bonchev–Trinajstić information content (AvgIpc) is 3.11. The number of imidazole rings is 1. The van der Waals surface area contributed by atoms with Crippen molar-refractivity contribution >= 4 is 22.8 Å². The minimum atomic E-state index is -0.113. The van der Waals surface area contributed by atoms with E-state index in [9.17, 15) is 9.59 Å². The highest BCUT2D eigenvalue weighted by molar-refractivity contribution is 5.94. The normalized spacial score (nSPS) is 14.8. The van der Waals surface area contributed by atoms with E-state index >= 15 is 0 Å². The number of carbonyl (C=O) groups is 1. The molecule has 0 bridgehead atoms. The van der Waals surface area contributed by atoms with Crippen LogP contribution in [0.3, 0.4) is 0 Å². The zero-order chi connectivity index (χ0) is 16.0. The molecule has 0 saturated carbocycles. The smallest absolute Gasteiger partial charge is 0.297 e. The summed E-state index contributed by atoms with van der Waals surface area (Å²) in [7, 11) is 1.76. The molecule has 4 rings (SSSR count). The second-order valence-electron chi connectivity index (χ2n) is 5.69. The van der Waals surface area contributed by atoms with Gasteiger partial charge in [0, 0.05) is 20.0 Å². The Morgan fingerprint density at radius 3 is 2.48 bits per heavy atom. The number of anilines is 1. The number of hydrogen-bond acceptors (Lipinski definition) is 3. The molecule has 1 fully saturated rings. The van der Waals surface area contributed by atoms with Crippen LogP contribution in [0.2, 0.25) is 0 Å². The van der Waals surface area contributed by atoms with Gasteiger partial charge in [-0.3, -0.25) is 18.8 Å². The van der Waals surface area contributed by atoms with Crippen LogP contribution in [0.15, 0.2) is 47.4 Å². The first kappa shape index (κ1) is 13.8. The van der Waals surface area contributed by atoms with Crippen molar-refractivity contribution in [2.45, 2.75) is 12.8 Å². The lowest BCUT2D eigenvalue weighted by atomic mass is 10.3. The predicted octanol–water partition coefficient (Wildman–Crippen LogP) is 1.85. The van der Waals surface area contributed by atoms with E-state index in [0.29, 0.717) is 24.5 Å². The minimum absolute atomic E-state index is 0.104. The third kappa shape index (κ3) is 2.06. The summed E-state index contributed by atoms with van der Waals surface area (Å²) in [5.41, 5.74) is 2.29. The number of aromatic nitrogens is 3. The molecule has 1 amide bonds. The second kappa shape index (κ2) is 5.08. The first-order chi connectivity index (χ1) is 11.2. The lowest BCUT2D eigenvalue weighted by Crippen LogP contribution is -2.25. The van der Waals surface area contributed by atoms with Crippen molar-refractivity contribution in [1.29, 1.82) is 0 Å². The van der Waals surface area contributed by atoms with Crippen LogP contribution >= 0.6 is 0 Å². The number of pyridine rings is 1. The summed E-state index contributed by atoms with van der Waals surface area (Å²) >= 11 is 0. The van der Waals surface area contributed by atoms with Crippen LogP contribution in [0.1, 0.15) is 12.8 Å². The van der Waals surface area contributed by atoms with Crippen LogP contribution < -0.4 is 10.6 Å². The number of nitrogens with zero attached hydrogens (tertiary/aromatic N) is 4. The van der Waals surface area contributed by atoms with Crippen molar-refractivity contribution in [2.24, 2.45) is 7.05 Å². The largest absolute Gasteiger partial charge is 0.333 e. The molecule has 6 nitrogen and oxygen atoms in total. The number of hydrogen-bond donors (Lipinski definition) is 0. The fourth-order valence-corrected chi connectivity index (χ4v) is 3.10. The maximum Gasteiger partial charge on any atom is 0.333 e. The van der Waals surface area contributed by atoms with E-state index in [0.717, 1.165) is 17.5 Å². The van der Waals surface area contributed by atoms with E-state index in [1.807, 2.05) is 30.3 Å². The molecule has 0 unspecified atom stereocenters. The monoisotopic (exact) mass is 308 g/mol. The van der Waals surface area contributed by atoms with E-state index in [1.165, 1.54) is 0 Å². The quantitative estimate of drug-likeness (QED) is 0.726. The fourth-order valence-electron chi connectivity index (χ4n) is 3.10. The van der Waals surface area contributed by atoms with E-state index in [2.05, 4.69) is 4.98 Å². The molecule has 0 aliphatic carbocycles. The van der Waals surface area contributed by atoms with E-state index in [-0.39, 0.29) is 11.6 Å². The first-order valence-corrected chi connectivity index (χ1v) is 7.60. The molecule has 3 heterocycles. The highest BCUT2D eigenvalue weighted by atomic mass is 16.2. The predicted molar refractivity (Wildman–Crippen MR) is 87.9 cm³/mol. The van der Waals surface area contributed by atoms with Gasteiger partial charge in [0.15, 0.2) is 0 Å². The number of benzene rings is 1. The molecule has 0 atom stereocenters. The number of para-hydroxylation sites is 2. The molecule has 1 aliphatic heterocycles. The lowest BCUT2D eigenvalue weighted by molar-refractivity contribution is -0.117. The molecule has 1 saturated heterocycles. The van der Waals surface area contributed by atoms with Gasteiger partial charge in [0.25, 0.3) is 0 Å². The van der Waals surface area contributed by atoms with Gasteiger partial charge in [-0.15, -0.1) is 0 Å². The van der Waals surface area contributed by atoms with Gasteiger partial charge in [-0.2, -0.15) is 0 Å². The summed E-state index contributed by atoms with van der Waals surface area (Å²) in [6.07, 6.45) is 3.09. The SMILES string of the molecule is Cn1c(=O)n(-c2ccc(N3CCCC3=O)nc2)c2ccccc21. The number of amides is 1. The number of rotatable bonds is 2. The standard InChI is InChI=1S/C17H16N4O2/c1-19-13-5-2-3-6-14(13)21(17(19)23)12-8-9-15(18-11-12)20-10-4-7-16(20)22/h2-3,5-6,8-9,11H,4,7,10H2,1H3. The van der Waals surface area contributed by atoms with Crippen LogP contribution in [0.25, 0.3) is 16.7 Å². The molecule has 0 radical (unpaired) electrons. The van der Waals surface area contributed by atoms with Crippen molar-refractivity contribution in [2.75, 3.05) is 11.4 Å². The molecule has 23 heavy (non-hydrogen) atoms. The van der Waals surface area contributed by atoms with Gasteiger partial charge < -0.3 is 0 Å². The van der Waals surface area contributed by atoms with Crippen LogP contribution in [0, 0.1) is 0 Å². The van der Waals surface area contributed by atoms with Gasteiger partial charge >= 0.3 is 5.69 Å². The second-order valence-corrected chi connectivity index (χ2v) is 5.69. The van der Waals surface area contributed by atoms with E-state index < -0.39 is 0 Å². The minimum Gasteiger partial charge on any atom is -0.297 e. The highest BCUT2D eigenvalue weighted by Crippen LogP contribution is 2.21. The van der Waals surface area contributed by atoms with Gasteiger partial charge in [0.2, 0.25) is 5.91 Å². The highest BCUT2D eigenvalue weighted by Gasteiger charge is 2.22. The zero-order valence-corrected chi connectivity index (χ0v) is 12.8. The Bertz CT molecular complexity index is 953. The summed E-state index contributed by atoms with van der Waals surface area (Å²) in [6, 6.07) is 11.3. The number of carbonyl (C=O) groups excluding carboxylic acids is 1. The Kier molecular flexibility index (Phi) is 3.04.